The van der Waals surface area contributed by atoms with E-state index < -0.39 is 0 Å². The van der Waals surface area contributed by atoms with Crippen LogP contribution in [0.25, 0.3) is 10.4 Å². The summed E-state index contributed by atoms with van der Waals surface area (Å²) in [6.07, 6.45) is 0.609. The summed E-state index contributed by atoms with van der Waals surface area (Å²) >= 11 is 0. The summed E-state index contributed by atoms with van der Waals surface area (Å²) in [5, 5.41) is 12.0. The molecule has 1 aromatic rings. The number of benzene rings is 1. The number of azide groups is 1. The fourth-order valence-corrected chi connectivity index (χ4v) is 0.915. The molecule has 0 bridgehead atoms. The van der Waals surface area contributed by atoms with Crippen LogP contribution >= 0.6 is 0 Å². The molecule has 0 unspecified atom stereocenters. The highest BCUT2D eigenvalue weighted by atomic mass is 16.5. The first-order valence-electron chi connectivity index (χ1n) is 4.25. The molecular weight excluding hydrogens is 182 g/mol. The van der Waals surface area contributed by atoms with Crippen molar-refractivity contribution in [3.05, 3.63) is 34.7 Å². The Kier molecular flexibility index (Phi) is 4.34. The molecule has 74 valence electrons. The highest BCUT2D eigenvalue weighted by Crippen LogP contribution is 2.17. The van der Waals surface area contributed by atoms with Gasteiger partial charge in [-0.05, 0) is 29.8 Å². The van der Waals surface area contributed by atoms with Gasteiger partial charge in [-0.25, -0.2) is 0 Å². The smallest absolute Gasteiger partial charge is 0.119 e. The van der Waals surface area contributed by atoms with Gasteiger partial charge in [0.25, 0.3) is 0 Å². The summed E-state index contributed by atoms with van der Waals surface area (Å²) < 4.78 is 5.28. The zero-order valence-electron chi connectivity index (χ0n) is 7.63. The van der Waals surface area contributed by atoms with Crippen molar-refractivity contribution in [1.82, 2.24) is 0 Å². The first-order valence-corrected chi connectivity index (χ1v) is 4.25. The number of rotatable bonds is 5. The normalized spacial score (nSPS) is 9.21. The third kappa shape index (κ3) is 3.35. The second kappa shape index (κ2) is 5.85. The van der Waals surface area contributed by atoms with Crippen LogP contribution in [0, 0.1) is 0 Å². The molecule has 0 aliphatic rings. The van der Waals surface area contributed by atoms with Gasteiger partial charge in [-0.15, -0.1) is 0 Å². The predicted octanol–water partition coefficient (Wildman–Crippen LogP) is 2.39. The van der Waals surface area contributed by atoms with Crippen LogP contribution in [0.5, 0.6) is 5.75 Å². The molecule has 0 aliphatic heterocycles. The van der Waals surface area contributed by atoms with Crippen LogP contribution in [0.3, 0.4) is 0 Å². The van der Waals surface area contributed by atoms with Crippen LogP contribution in [0.1, 0.15) is 6.42 Å². The van der Waals surface area contributed by atoms with E-state index in [1.54, 1.807) is 24.3 Å². The molecule has 1 rings (SSSR count). The Morgan fingerprint density at radius 1 is 1.36 bits per heavy atom. The van der Waals surface area contributed by atoms with Crippen LogP contribution in [0.2, 0.25) is 0 Å². The van der Waals surface area contributed by atoms with Crippen LogP contribution in [-0.2, 0) is 0 Å². The van der Waals surface area contributed by atoms with Crippen molar-refractivity contribution in [3.8, 4) is 5.75 Å². The number of ether oxygens (including phenoxy) is 1. The number of hydrogen-bond acceptors (Lipinski definition) is 3. The standard InChI is InChI=1S/C9H11N3O2/c10-12-11-8-2-4-9(5-3-8)14-7-1-6-13/h2-5,13H,1,6-7H2. The zero-order chi connectivity index (χ0) is 10.2. The van der Waals surface area contributed by atoms with Crippen LogP contribution in [0.15, 0.2) is 29.4 Å². The minimum Gasteiger partial charge on any atom is -0.494 e. The van der Waals surface area contributed by atoms with Crippen molar-refractivity contribution in [2.24, 2.45) is 5.11 Å². The Hall–Kier alpha value is -1.71. The van der Waals surface area contributed by atoms with Crippen molar-refractivity contribution < 1.29 is 9.84 Å². The van der Waals surface area contributed by atoms with Crippen molar-refractivity contribution in [1.29, 1.82) is 0 Å². The Morgan fingerprint density at radius 3 is 2.64 bits per heavy atom. The lowest BCUT2D eigenvalue weighted by molar-refractivity contribution is 0.233. The minimum absolute atomic E-state index is 0.122. The van der Waals surface area contributed by atoms with Crippen LogP contribution in [-0.4, -0.2) is 18.3 Å². The van der Waals surface area contributed by atoms with Gasteiger partial charge >= 0.3 is 0 Å². The van der Waals surface area contributed by atoms with E-state index in [0.29, 0.717) is 24.5 Å². The molecule has 0 atom stereocenters. The topological polar surface area (TPSA) is 78.2 Å². The van der Waals surface area contributed by atoms with E-state index in [0.717, 1.165) is 0 Å². The van der Waals surface area contributed by atoms with E-state index in [9.17, 15) is 0 Å². The maximum absolute atomic E-state index is 8.52. The Balaban J connectivity index is 2.50. The molecule has 5 nitrogen and oxygen atoms in total. The maximum atomic E-state index is 8.52. The van der Waals surface area contributed by atoms with Gasteiger partial charge in [-0.1, -0.05) is 5.11 Å². The van der Waals surface area contributed by atoms with Gasteiger partial charge in [0.2, 0.25) is 0 Å². The number of aliphatic hydroxyl groups is 1. The highest BCUT2D eigenvalue weighted by Gasteiger charge is 1.93. The molecule has 5 heteroatoms. The third-order valence-corrected chi connectivity index (χ3v) is 1.57. The van der Waals surface area contributed by atoms with E-state index in [2.05, 4.69) is 10.0 Å². The van der Waals surface area contributed by atoms with Gasteiger partial charge in [0.15, 0.2) is 0 Å². The summed E-state index contributed by atoms with van der Waals surface area (Å²) in [5.74, 6) is 0.704. The molecule has 0 heterocycles. The summed E-state index contributed by atoms with van der Waals surface area (Å²) in [6.45, 7) is 0.605. The number of aliphatic hydroxyl groups excluding tert-OH is 1. The van der Waals surface area contributed by atoms with Gasteiger partial charge in [-0.2, -0.15) is 0 Å². The lowest BCUT2D eigenvalue weighted by atomic mass is 10.3. The molecule has 0 aliphatic carbocycles. The summed E-state index contributed by atoms with van der Waals surface area (Å²) in [5.41, 5.74) is 8.72. The minimum atomic E-state index is 0.122. The molecule has 0 radical (unpaired) electrons. The Morgan fingerprint density at radius 2 is 2.07 bits per heavy atom. The molecular formula is C9H11N3O2. The van der Waals surface area contributed by atoms with Gasteiger partial charge in [0, 0.05) is 23.6 Å². The Bertz CT molecular complexity index is 317. The van der Waals surface area contributed by atoms with Crippen molar-refractivity contribution in [2.75, 3.05) is 13.2 Å². The predicted molar refractivity (Wildman–Crippen MR) is 52.4 cm³/mol. The SMILES string of the molecule is [N-]=[N+]=Nc1ccc(OCCCO)cc1. The molecule has 0 fully saturated rings. The molecule has 0 spiro atoms. The summed E-state index contributed by atoms with van der Waals surface area (Å²) in [6, 6.07) is 6.80. The second-order valence-electron chi connectivity index (χ2n) is 2.61. The first-order chi connectivity index (χ1) is 6.86. The van der Waals surface area contributed by atoms with Crippen LogP contribution < -0.4 is 4.74 Å². The fourth-order valence-electron chi connectivity index (χ4n) is 0.915. The van der Waals surface area contributed by atoms with E-state index in [1.807, 2.05) is 0 Å². The van der Waals surface area contributed by atoms with E-state index in [4.69, 9.17) is 15.4 Å². The van der Waals surface area contributed by atoms with Crippen molar-refractivity contribution >= 4 is 5.69 Å². The summed E-state index contributed by atoms with van der Waals surface area (Å²) in [4.78, 5) is 2.66. The van der Waals surface area contributed by atoms with Crippen molar-refractivity contribution in [2.45, 2.75) is 6.42 Å². The van der Waals surface area contributed by atoms with E-state index in [1.165, 1.54) is 0 Å². The zero-order valence-corrected chi connectivity index (χ0v) is 7.63. The lowest BCUT2D eigenvalue weighted by Crippen LogP contribution is -1.99. The van der Waals surface area contributed by atoms with Crippen LogP contribution in [0.4, 0.5) is 5.69 Å². The quantitative estimate of drug-likeness (QED) is 0.337. The molecule has 0 saturated heterocycles. The molecule has 1 N–H and O–H groups in total. The second-order valence-corrected chi connectivity index (χ2v) is 2.61. The summed E-state index contributed by atoms with van der Waals surface area (Å²) in [7, 11) is 0. The largest absolute Gasteiger partial charge is 0.494 e. The van der Waals surface area contributed by atoms with E-state index in [-0.39, 0.29) is 6.61 Å². The Labute approximate surface area is 81.6 Å². The van der Waals surface area contributed by atoms with Crippen molar-refractivity contribution in [3.63, 3.8) is 0 Å². The fraction of sp³-hybridized carbons (Fsp3) is 0.333. The van der Waals surface area contributed by atoms with Gasteiger partial charge in [0.1, 0.15) is 5.75 Å². The number of hydrogen-bond donors (Lipinski definition) is 1. The van der Waals surface area contributed by atoms with Gasteiger partial charge < -0.3 is 9.84 Å². The molecule has 14 heavy (non-hydrogen) atoms. The average molecular weight is 193 g/mol. The molecule has 1 aromatic carbocycles. The molecule has 0 aromatic heterocycles. The number of nitrogens with zero attached hydrogens (tertiary/aromatic N) is 3. The highest BCUT2D eigenvalue weighted by molar-refractivity contribution is 5.40. The van der Waals surface area contributed by atoms with E-state index >= 15 is 0 Å². The first kappa shape index (κ1) is 10.4. The van der Waals surface area contributed by atoms with Gasteiger partial charge in [0.05, 0.1) is 6.61 Å². The average Bonchev–Trinajstić information content (AvgIpc) is 2.21. The molecule has 0 amide bonds. The lowest BCUT2D eigenvalue weighted by Gasteiger charge is -2.04. The maximum Gasteiger partial charge on any atom is 0.119 e. The van der Waals surface area contributed by atoms with Gasteiger partial charge in [-0.3, -0.25) is 0 Å². The third-order valence-electron chi connectivity index (χ3n) is 1.57. The molecule has 0 saturated carbocycles. The monoisotopic (exact) mass is 193 g/mol.